The summed E-state index contributed by atoms with van der Waals surface area (Å²) in [6, 6.07) is 5.10. The Bertz CT molecular complexity index is 623. The van der Waals surface area contributed by atoms with Gasteiger partial charge in [-0.2, -0.15) is 5.10 Å². The van der Waals surface area contributed by atoms with Gasteiger partial charge < -0.3 is 15.2 Å². The van der Waals surface area contributed by atoms with Crippen molar-refractivity contribution in [1.82, 2.24) is 10.7 Å². The average molecular weight is 450 g/mol. The standard InChI is InChI=1S/C25H43N3O2S/c1-3-4-5-6-7-8-9-10-11-12-13-14-15-16-19-26-25(31)28-27-21-22-17-18-24(30-2)23(29)20-22/h17-18,20-21,29H,3-16,19H2,1-2H3,(H2,26,28,31)/b27-21-. The molecule has 0 atom stereocenters. The Morgan fingerprint density at radius 2 is 1.48 bits per heavy atom. The van der Waals surface area contributed by atoms with E-state index >= 15 is 0 Å². The van der Waals surface area contributed by atoms with E-state index in [4.69, 9.17) is 17.0 Å². The number of hydrogen-bond donors (Lipinski definition) is 3. The lowest BCUT2D eigenvalue weighted by Gasteiger charge is -2.07. The molecular formula is C25H43N3O2S. The lowest BCUT2D eigenvalue weighted by molar-refractivity contribution is 0.373. The fourth-order valence-electron chi connectivity index (χ4n) is 3.51. The van der Waals surface area contributed by atoms with Gasteiger partial charge in [-0.05, 0) is 42.4 Å². The molecule has 5 nitrogen and oxygen atoms in total. The fraction of sp³-hybridized carbons (Fsp3) is 0.680. The first-order valence-electron chi connectivity index (χ1n) is 12.1. The molecule has 6 heteroatoms. The quantitative estimate of drug-likeness (QED) is 0.101. The normalized spacial score (nSPS) is 11.0. The number of methoxy groups -OCH3 is 1. The Morgan fingerprint density at radius 1 is 0.935 bits per heavy atom. The van der Waals surface area contributed by atoms with Gasteiger partial charge in [0.15, 0.2) is 16.6 Å². The summed E-state index contributed by atoms with van der Waals surface area (Å²) in [5, 5.41) is 17.5. The van der Waals surface area contributed by atoms with E-state index in [0.717, 1.165) is 18.5 Å². The number of unbranched alkanes of at least 4 members (excludes halogenated alkanes) is 13. The first-order chi connectivity index (χ1) is 15.2. The number of benzene rings is 1. The first kappa shape index (κ1) is 27.2. The molecule has 0 radical (unpaired) electrons. The highest BCUT2D eigenvalue weighted by molar-refractivity contribution is 7.80. The predicted molar refractivity (Wildman–Crippen MR) is 136 cm³/mol. The molecule has 1 aromatic carbocycles. The van der Waals surface area contributed by atoms with Crippen molar-refractivity contribution >= 4 is 23.5 Å². The van der Waals surface area contributed by atoms with Crippen molar-refractivity contribution in [3.63, 3.8) is 0 Å². The van der Waals surface area contributed by atoms with Crippen LogP contribution in [0.3, 0.4) is 0 Å². The third-order valence-electron chi connectivity index (χ3n) is 5.40. The molecule has 0 aromatic heterocycles. The van der Waals surface area contributed by atoms with E-state index in [9.17, 15) is 5.11 Å². The number of rotatable bonds is 18. The molecule has 0 aliphatic rings. The smallest absolute Gasteiger partial charge is 0.186 e. The van der Waals surface area contributed by atoms with Crippen molar-refractivity contribution < 1.29 is 9.84 Å². The maximum Gasteiger partial charge on any atom is 0.186 e. The van der Waals surface area contributed by atoms with Crippen molar-refractivity contribution in [1.29, 1.82) is 0 Å². The number of phenols is 1. The summed E-state index contributed by atoms with van der Waals surface area (Å²) in [5.41, 5.74) is 3.57. The van der Waals surface area contributed by atoms with Crippen LogP contribution in [0.15, 0.2) is 23.3 Å². The van der Waals surface area contributed by atoms with Crippen molar-refractivity contribution in [2.24, 2.45) is 5.10 Å². The SMILES string of the molecule is CCCCCCCCCCCCCCCCNC(=S)N/N=C\c1ccc(OC)c(O)c1. The summed E-state index contributed by atoms with van der Waals surface area (Å²) in [5.74, 6) is 0.528. The molecule has 0 bridgehead atoms. The number of nitrogens with zero attached hydrogens (tertiary/aromatic N) is 1. The van der Waals surface area contributed by atoms with Crippen LogP contribution in [0.5, 0.6) is 11.5 Å². The monoisotopic (exact) mass is 449 g/mol. The number of phenolic OH excluding ortho intramolecular Hbond substituents is 1. The fourth-order valence-corrected chi connectivity index (χ4v) is 3.67. The molecule has 1 aromatic rings. The summed E-state index contributed by atoms with van der Waals surface area (Å²) in [4.78, 5) is 0. The van der Waals surface area contributed by atoms with Gasteiger partial charge in [-0.25, -0.2) is 0 Å². The minimum atomic E-state index is 0.0879. The van der Waals surface area contributed by atoms with Gasteiger partial charge in [0.2, 0.25) is 0 Å². The summed E-state index contributed by atoms with van der Waals surface area (Å²) in [7, 11) is 1.52. The molecule has 0 aliphatic carbocycles. The van der Waals surface area contributed by atoms with Gasteiger partial charge in [0.05, 0.1) is 13.3 Å². The van der Waals surface area contributed by atoms with E-state index in [1.54, 1.807) is 18.3 Å². The zero-order valence-electron chi connectivity index (χ0n) is 19.6. The van der Waals surface area contributed by atoms with E-state index in [2.05, 4.69) is 22.8 Å². The number of hydrogen-bond acceptors (Lipinski definition) is 4. The van der Waals surface area contributed by atoms with Crippen LogP contribution in [-0.4, -0.2) is 30.1 Å². The molecule has 0 heterocycles. The first-order valence-corrected chi connectivity index (χ1v) is 12.5. The van der Waals surface area contributed by atoms with E-state index < -0.39 is 0 Å². The largest absolute Gasteiger partial charge is 0.504 e. The Morgan fingerprint density at radius 3 is 2.00 bits per heavy atom. The second-order valence-electron chi connectivity index (χ2n) is 8.15. The lowest BCUT2D eigenvalue weighted by Crippen LogP contribution is -2.32. The molecule has 0 amide bonds. The summed E-state index contributed by atoms with van der Waals surface area (Å²) < 4.78 is 5.02. The second-order valence-corrected chi connectivity index (χ2v) is 8.56. The molecule has 0 unspecified atom stereocenters. The number of hydrazone groups is 1. The van der Waals surface area contributed by atoms with Gasteiger partial charge in [0, 0.05) is 6.54 Å². The van der Waals surface area contributed by atoms with Gasteiger partial charge in [0.1, 0.15) is 0 Å². The van der Waals surface area contributed by atoms with Crippen molar-refractivity contribution in [3.8, 4) is 11.5 Å². The van der Waals surface area contributed by atoms with Gasteiger partial charge in [-0.1, -0.05) is 90.4 Å². The Hall–Kier alpha value is -1.82. The minimum absolute atomic E-state index is 0.0879. The highest BCUT2D eigenvalue weighted by atomic mass is 32.1. The van der Waals surface area contributed by atoms with E-state index in [1.165, 1.54) is 90.6 Å². The molecule has 3 N–H and O–H groups in total. The van der Waals surface area contributed by atoms with Crippen LogP contribution in [0.4, 0.5) is 0 Å². The van der Waals surface area contributed by atoms with E-state index in [1.807, 2.05) is 6.07 Å². The highest BCUT2D eigenvalue weighted by Crippen LogP contribution is 2.25. The number of ether oxygens (including phenoxy) is 1. The van der Waals surface area contributed by atoms with Crippen LogP contribution in [0.2, 0.25) is 0 Å². The molecule has 0 saturated heterocycles. The van der Waals surface area contributed by atoms with Crippen LogP contribution >= 0.6 is 12.2 Å². The summed E-state index contributed by atoms with van der Waals surface area (Å²) in [6.07, 6.45) is 20.7. The van der Waals surface area contributed by atoms with Gasteiger partial charge in [-0.15, -0.1) is 0 Å². The minimum Gasteiger partial charge on any atom is -0.504 e. The second kappa shape index (κ2) is 18.9. The molecule has 0 spiro atoms. The summed E-state index contributed by atoms with van der Waals surface area (Å²) >= 11 is 5.23. The topological polar surface area (TPSA) is 65.9 Å². The molecular weight excluding hydrogens is 406 g/mol. The maximum atomic E-state index is 9.76. The molecule has 0 aliphatic heterocycles. The van der Waals surface area contributed by atoms with Crippen molar-refractivity contribution in [3.05, 3.63) is 23.8 Å². The van der Waals surface area contributed by atoms with E-state index in [-0.39, 0.29) is 5.75 Å². The predicted octanol–water partition coefficient (Wildman–Crippen LogP) is 6.68. The van der Waals surface area contributed by atoms with Crippen LogP contribution in [0, 0.1) is 0 Å². The van der Waals surface area contributed by atoms with Gasteiger partial charge in [-0.3, -0.25) is 5.43 Å². The number of nitrogens with one attached hydrogen (secondary N) is 2. The Kier molecular flexibility index (Phi) is 16.6. The maximum absolute atomic E-state index is 9.76. The zero-order valence-corrected chi connectivity index (χ0v) is 20.4. The van der Waals surface area contributed by atoms with Crippen molar-refractivity contribution in [2.45, 2.75) is 96.8 Å². The number of thiocarbonyl (C=S) groups is 1. The van der Waals surface area contributed by atoms with Gasteiger partial charge in [0.25, 0.3) is 0 Å². The van der Waals surface area contributed by atoms with Crippen LogP contribution in [0.25, 0.3) is 0 Å². The molecule has 31 heavy (non-hydrogen) atoms. The third-order valence-corrected chi connectivity index (χ3v) is 5.63. The highest BCUT2D eigenvalue weighted by Gasteiger charge is 2.01. The van der Waals surface area contributed by atoms with Crippen LogP contribution in [-0.2, 0) is 0 Å². The van der Waals surface area contributed by atoms with Gasteiger partial charge >= 0.3 is 0 Å². The zero-order chi connectivity index (χ0) is 22.6. The lowest BCUT2D eigenvalue weighted by atomic mass is 10.0. The van der Waals surface area contributed by atoms with E-state index in [0.29, 0.717) is 10.9 Å². The molecule has 0 fully saturated rings. The third kappa shape index (κ3) is 14.8. The molecule has 1 rings (SSSR count). The molecule has 0 saturated carbocycles. The Labute approximate surface area is 195 Å². The van der Waals surface area contributed by atoms with Crippen LogP contribution in [0.1, 0.15) is 102 Å². The number of aromatic hydroxyl groups is 1. The van der Waals surface area contributed by atoms with Crippen molar-refractivity contribution in [2.75, 3.05) is 13.7 Å². The average Bonchev–Trinajstić information content (AvgIpc) is 2.76. The Balaban J connectivity index is 1.91. The van der Waals surface area contributed by atoms with Crippen LogP contribution < -0.4 is 15.5 Å². The summed E-state index contributed by atoms with van der Waals surface area (Å²) in [6.45, 7) is 3.14. The molecule has 176 valence electrons.